The van der Waals surface area contributed by atoms with Gasteiger partial charge in [0.15, 0.2) is 12.2 Å². The zero-order chi connectivity index (χ0) is 62.6. The molecule has 0 saturated carbocycles. The molecule has 0 aliphatic rings. The maximum Gasteiger partial charge on any atom is 0.472 e. The SMILES string of the molecule is CCCCCC/C=C\C=C/CCCCCCCC(=O)O[C@H](COC(=O)CCCCCCCCCCCCCC)COP(=O)(O)OC[C@@H](O)COP(=O)(O)OC[C@@H](COC(=O)CCCCCCCCC)OC(=O)CCCCCCCCCCCCC. The zero-order valence-corrected chi connectivity index (χ0v) is 55.8. The van der Waals surface area contributed by atoms with Crippen LogP contribution in [0.5, 0.6) is 0 Å². The fourth-order valence-corrected chi connectivity index (χ4v) is 11.0. The number of carbonyl (C=O) groups is 4. The van der Waals surface area contributed by atoms with Crippen molar-refractivity contribution in [3.05, 3.63) is 24.3 Å². The summed E-state index contributed by atoms with van der Waals surface area (Å²) in [6.07, 6.45) is 49.4. The van der Waals surface area contributed by atoms with Crippen LogP contribution in [-0.2, 0) is 65.4 Å². The fourth-order valence-electron chi connectivity index (χ4n) is 9.45. The van der Waals surface area contributed by atoms with Crippen molar-refractivity contribution in [1.29, 1.82) is 0 Å². The Labute approximate surface area is 516 Å². The third kappa shape index (κ3) is 60.2. The normalized spacial score (nSPS) is 14.3. The van der Waals surface area contributed by atoms with Crippen LogP contribution in [0.1, 0.15) is 317 Å². The van der Waals surface area contributed by atoms with Gasteiger partial charge in [0.25, 0.3) is 0 Å². The topological polar surface area (TPSA) is 237 Å². The van der Waals surface area contributed by atoms with Crippen LogP contribution in [0.15, 0.2) is 24.3 Å². The molecule has 5 atom stereocenters. The van der Waals surface area contributed by atoms with E-state index in [1.807, 2.05) is 0 Å². The number of allylic oxidation sites excluding steroid dienone is 4. The highest BCUT2D eigenvalue weighted by atomic mass is 31.2. The van der Waals surface area contributed by atoms with Crippen molar-refractivity contribution >= 4 is 39.5 Å². The molecule has 85 heavy (non-hydrogen) atoms. The Morgan fingerprint density at radius 1 is 0.329 bits per heavy atom. The van der Waals surface area contributed by atoms with Crippen molar-refractivity contribution in [2.75, 3.05) is 39.6 Å². The van der Waals surface area contributed by atoms with Gasteiger partial charge in [-0.2, -0.15) is 0 Å². The molecule has 0 radical (unpaired) electrons. The van der Waals surface area contributed by atoms with Gasteiger partial charge in [0.1, 0.15) is 19.3 Å². The van der Waals surface area contributed by atoms with Crippen LogP contribution in [0.2, 0.25) is 0 Å². The Balaban J connectivity index is 5.25. The summed E-state index contributed by atoms with van der Waals surface area (Å²) in [5.74, 6) is -2.16. The van der Waals surface area contributed by atoms with Gasteiger partial charge in [-0.15, -0.1) is 0 Å². The van der Waals surface area contributed by atoms with Gasteiger partial charge in [-0.25, -0.2) is 9.13 Å². The van der Waals surface area contributed by atoms with Crippen LogP contribution in [-0.4, -0.2) is 96.7 Å². The lowest BCUT2D eigenvalue weighted by Gasteiger charge is -2.21. The van der Waals surface area contributed by atoms with E-state index in [2.05, 4.69) is 52.0 Å². The van der Waals surface area contributed by atoms with Crippen molar-refractivity contribution < 1.29 is 80.2 Å². The van der Waals surface area contributed by atoms with E-state index in [9.17, 15) is 43.2 Å². The Hall–Kier alpha value is -2.46. The molecule has 0 aromatic heterocycles. The second-order valence-electron chi connectivity index (χ2n) is 23.2. The van der Waals surface area contributed by atoms with Crippen LogP contribution in [0.25, 0.3) is 0 Å². The van der Waals surface area contributed by atoms with E-state index < -0.39 is 97.5 Å². The first-order valence-electron chi connectivity index (χ1n) is 34.1. The lowest BCUT2D eigenvalue weighted by molar-refractivity contribution is -0.161. The molecule has 3 N–H and O–H groups in total. The quantitative estimate of drug-likeness (QED) is 0.0169. The number of carbonyl (C=O) groups excluding carboxylic acids is 4. The van der Waals surface area contributed by atoms with E-state index in [1.54, 1.807) is 0 Å². The first kappa shape index (κ1) is 82.5. The molecule has 0 fully saturated rings. The van der Waals surface area contributed by atoms with E-state index in [0.717, 1.165) is 116 Å². The number of unbranched alkanes of at least 4 members (excludes halogenated alkanes) is 36. The van der Waals surface area contributed by atoms with Crippen LogP contribution in [0, 0.1) is 0 Å². The van der Waals surface area contributed by atoms with Gasteiger partial charge in [-0.05, 0) is 51.4 Å². The molecule has 0 aliphatic heterocycles. The summed E-state index contributed by atoms with van der Waals surface area (Å²) in [7, 11) is -9.90. The van der Waals surface area contributed by atoms with Crippen LogP contribution < -0.4 is 0 Å². The first-order valence-corrected chi connectivity index (χ1v) is 37.1. The number of phosphoric acid groups is 2. The summed E-state index contributed by atoms with van der Waals surface area (Å²) in [5.41, 5.74) is 0. The van der Waals surface area contributed by atoms with Crippen molar-refractivity contribution in [2.45, 2.75) is 335 Å². The minimum atomic E-state index is -4.95. The molecule has 0 spiro atoms. The molecule has 0 aromatic carbocycles. The van der Waals surface area contributed by atoms with Crippen LogP contribution in [0.4, 0.5) is 0 Å². The Morgan fingerprint density at radius 2 is 0.565 bits per heavy atom. The van der Waals surface area contributed by atoms with Gasteiger partial charge < -0.3 is 33.8 Å². The molecule has 0 amide bonds. The van der Waals surface area contributed by atoms with Gasteiger partial charge in [0.05, 0.1) is 26.4 Å². The molecule has 17 nitrogen and oxygen atoms in total. The van der Waals surface area contributed by atoms with E-state index in [1.165, 1.54) is 122 Å². The van der Waals surface area contributed by atoms with Gasteiger partial charge >= 0.3 is 39.5 Å². The van der Waals surface area contributed by atoms with E-state index in [4.69, 9.17) is 37.0 Å². The number of hydrogen-bond acceptors (Lipinski definition) is 15. The monoisotopic (exact) mass is 1250 g/mol. The Kier molecular flexibility index (Phi) is 58.7. The lowest BCUT2D eigenvalue weighted by Crippen LogP contribution is -2.30. The average molecular weight is 1250 g/mol. The molecule has 0 aliphatic carbocycles. The molecule has 2 unspecified atom stereocenters. The summed E-state index contributed by atoms with van der Waals surface area (Å²) >= 11 is 0. The molecule has 0 heterocycles. The second kappa shape index (κ2) is 60.5. The Bertz CT molecular complexity index is 1730. The number of phosphoric ester groups is 2. The fraction of sp³-hybridized carbons (Fsp3) is 0.879. The largest absolute Gasteiger partial charge is 0.472 e. The minimum Gasteiger partial charge on any atom is -0.462 e. The van der Waals surface area contributed by atoms with Crippen molar-refractivity contribution in [3.8, 4) is 0 Å². The first-order chi connectivity index (χ1) is 41.2. The summed E-state index contributed by atoms with van der Waals surface area (Å²) in [4.78, 5) is 72.2. The number of ether oxygens (including phenoxy) is 4. The molecule has 500 valence electrons. The molecule has 0 bridgehead atoms. The highest BCUT2D eigenvalue weighted by Crippen LogP contribution is 2.45. The number of aliphatic hydroxyl groups is 1. The third-order valence-corrected chi connectivity index (χ3v) is 16.6. The van der Waals surface area contributed by atoms with E-state index >= 15 is 0 Å². The maximum absolute atomic E-state index is 13.0. The highest BCUT2D eigenvalue weighted by molar-refractivity contribution is 7.47. The molecular formula is C66H124O17P2. The standard InChI is InChI=1S/C66H124O17P2/c1-5-9-13-17-21-24-27-29-30-31-34-37-41-45-49-53-66(71)83-62(57-77-64(69)51-47-43-39-35-33-28-25-22-18-14-10-6-2)59-81-85(74,75)79-55-60(67)54-78-84(72,73)80-58-61(56-76-63(68)50-46-42-38-20-16-12-8-4)82-65(70)52-48-44-40-36-32-26-23-19-15-11-7-3/h24,27,29-30,60-62,67H,5-23,25-26,28,31-59H2,1-4H3,(H,72,73)(H,74,75)/b27-24-,30-29-/t60-,61+,62+/m0/s1. The number of rotatable bonds is 65. The number of hydrogen-bond donors (Lipinski definition) is 3. The molecule has 0 aromatic rings. The van der Waals surface area contributed by atoms with Gasteiger partial charge in [-0.3, -0.25) is 37.3 Å². The summed E-state index contributed by atoms with van der Waals surface area (Å²) in [5, 5.41) is 10.5. The van der Waals surface area contributed by atoms with Crippen LogP contribution in [0.3, 0.4) is 0 Å². The van der Waals surface area contributed by atoms with Gasteiger partial charge in [-0.1, -0.05) is 264 Å². The Morgan fingerprint density at radius 3 is 0.859 bits per heavy atom. The number of esters is 4. The van der Waals surface area contributed by atoms with Crippen molar-refractivity contribution in [2.24, 2.45) is 0 Å². The summed E-state index contributed by atoms with van der Waals surface area (Å²) < 4.78 is 67.9. The minimum absolute atomic E-state index is 0.0856. The average Bonchev–Trinajstić information content (AvgIpc) is 3.48. The highest BCUT2D eigenvalue weighted by Gasteiger charge is 2.30. The van der Waals surface area contributed by atoms with Gasteiger partial charge in [0.2, 0.25) is 0 Å². The van der Waals surface area contributed by atoms with E-state index in [0.29, 0.717) is 25.7 Å². The maximum atomic E-state index is 13.0. The zero-order valence-electron chi connectivity index (χ0n) is 54.1. The van der Waals surface area contributed by atoms with Crippen LogP contribution >= 0.6 is 15.6 Å². The number of aliphatic hydroxyl groups excluding tert-OH is 1. The van der Waals surface area contributed by atoms with Gasteiger partial charge in [0, 0.05) is 25.7 Å². The van der Waals surface area contributed by atoms with Crippen molar-refractivity contribution in [1.82, 2.24) is 0 Å². The molecule has 0 saturated heterocycles. The molecular weight excluding hydrogens is 1130 g/mol. The molecule has 19 heteroatoms. The third-order valence-electron chi connectivity index (χ3n) is 14.7. The molecule has 0 rings (SSSR count). The second-order valence-corrected chi connectivity index (χ2v) is 26.1. The summed E-state index contributed by atoms with van der Waals surface area (Å²) in [6.45, 7) is 4.80. The van der Waals surface area contributed by atoms with Crippen molar-refractivity contribution in [3.63, 3.8) is 0 Å². The van der Waals surface area contributed by atoms with E-state index in [-0.39, 0.29) is 25.7 Å². The predicted molar refractivity (Wildman–Crippen MR) is 340 cm³/mol. The predicted octanol–water partition coefficient (Wildman–Crippen LogP) is 18.3. The summed E-state index contributed by atoms with van der Waals surface area (Å²) in [6, 6.07) is 0. The lowest BCUT2D eigenvalue weighted by atomic mass is 10.0. The smallest absolute Gasteiger partial charge is 0.462 e.